The minimum absolute atomic E-state index is 0.0307. The molecule has 2 heterocycles. The lowest BCUT2D eigenvalue weighted by Gasteiger charge is -2.18. The van der Waals surface area contributed by atoms with Crippen LogP contribution < -0.4 is 0 Å². The Bertz CT molecular complexity index is 523. The highest BCUT2D eigenvalue weighted by Gasteiger charge is 2.33. The number of amides is 1. The van der Waals surface area contributed by atoms with Crippen molar-refractivity contribution < 1.29 is 14.7 Å². The third-order valence-corrected chi connectivity index (χ3v) is 5.21. The topological polar surface area (TPSA) is 57.6 Å². The Morgan fingerprint density at radius 1 is 1.32 bits per heavy atom. The van der Waals surface area contributed by atoms with Gasteiger partial charge in [0.05, 0.1) is 11.5 Å². The molecule has 0 bridgehead atoms. The van der Waals surface area contributed by atoms with Crippen molar-refractivity contribution in [1.29, 1.82) is 0 Å². The molecule has 5 heteroatoms. The molecule has 1 fully saturated rings. The monoisotopic (exact) mass is 279 g/mol. The van der Waals surface area contributed by atoms with E-state index in [0.717, 1.165) is 24.8 Å². The van der Waals surface area contributed by atoms with E-state index < -0.39 is 11.9 Å². The Morgan fingerprint density at radius 2 is 2.11 bits per heavy atom. The molecule has 19 heavy (non-hydrogen) atoms. The Kier molecular flexibility index (Phi) is 3.31. The van der Waals surface area contributed by atoms with E-state index in [1.807, 2.05) is 5.38 Å². The molecule has 1 N–H and O–H groups in total. The maximum absolute atomic E-state index is 12.5. The first-order valence-corrected chi connectivity index (χ1v) is 7.66. The molecule has 1 amide bonds. The Morgan fingerprint density at radius 3 is 2.84 bits per heavy atom. The molecule has 102 valence electrons. The van der Waals surface area contributed by atoms with Gasteiger partial charge >= 0.3 is 5.97 Å². The molecule has 0 spiro atoms. The zero-order chi connectivity index (χ0) is 13.4. The average Bonchev–Trinajstić information content (AvgIpc) is 3.05. The van der Waals surface area contributed by atoms with E-state index in [9.17, 15) is 9.59 Å². The summed E-state index contributed by atoms with van der Waals surface area (Å²) < 4.78 is 0. The molecule has 1 aromatic heterocycles. The van der Waals surface area contributed by atoms with Crippen molar-refractivity contribution in [2.75, 3.05) is 13.1 Å². The summed E-state index contributed by atoms with van der Waals surface area (Å²) in [6.07, 6.45) is 5.03. The van der Waals surface area contributed by atoms with Crippen molar-refractivity contribution in [3.8, 4) is 0 Å². The predicted octanol–water partition coefficient (Wildman–Crippen LogP) is 2.17. The van der Waals surface area contributed by atoms with Crippen LogP contribution in [0.2, 0.25) is 0 Å². The van der Waals surface area contributed by atoms with Gasteiger partial charge in [0.1, 0.15) is 0 Å². The highest BCUT2D eigenvalue weighted by Crippen LogP contribution is 2.31. The molecule has 3 rings (SSSR count). The minimum Gasteiger partial charge on any atom is -0.481 e. The van der Waals surface area contributed by atoms with Gasteiger partial charge in [0.25, 0.3) is 5.91 Å². The van der Waals surface area contributed by atoms with Gasteiger partial charge in [-0.05, 0) is 37.7 Å². The normalized spacial score (nSPS) is 22.3. The zero-order valence-corrected chi connectivity index (χ0v) is 11.5. The maximum atomic E-state index is 12.5. The summed E-state index contributed by atoms with van der Waals surface area (Å²) in [5.74, 6) is -1.15. The van der Waals surface area contributed by atoms with E-state index in [-0.39, 0.29) is 5.91 Å². The fourth-order valence-corrected chi connectivity index (χ4v) is 4.11. The summed E-state index contributed by atoms with van der Waals surface area (Å²) in [7, 11) is 0. The van der Waals surface area contributed by atoms with E-state index in [1.54, 1.807) is 16.2 Å². The number of aliphatic carboxylic acids is 1. The number of carboxylic acids is 1. The molecular weight excluding hydrogens is 262 g/mol. The van der Waals surface area contributed by atoms with Crippen LogP contribution in [0.15, 0.2) is 5.38 Å². The molecule has 1 aliphatic heterocycles. The molecule has 0 saturated carbocycles. The first-order chi connectivity index (χ1) is 9.16. The average molecular weight is 279 g/mol. The predicted molar refractivity (Wildman–Crippen MR) is 72.6 cm³/mol. The quantitative estimate of drug-likeness (QED) is 0.902. The van der Waals surface area contributed by atoms with Gasteiger partial charge in [0.2, 0.25) is 0 Å². The lowest BCUT2D eigenvalue weighted by Crippen LogP contribution is -2.30. The van der Waals surface area contributed by atoms with Crippen molar-refractivity contribution in [1.82, 2.24) is 4.90 Å². The third-order valence-electron chi connectivity index (χ3n) is 4.12. The molecule has 2 aliphatic rings. The van der Waals surface area contributed by atoms with Crippen LogP contribution in [-0.2, 0) is 17.6 Å². The number of thiophene rings is 1. The van der Waals surface area contributed by atoms with Gasteiger partial charge in [0, 0.05) is 23.3 Å². The molecule has 1 saturated heterocycles. The minimum atomic E-state index is -0.789. The molecule has 1 aromatic rings. The van der Waals surface area contributed by atoms with Crippen LogP contribution in [0.3, 0.4) is 0 Å². The molecule has 1 aliphatic carbocycles. The molecular formula is C14H17NO3S. The van der Waals surface area contributed by atoms with Crippen molar-refractivity contribution >= 4 is 23.2 Å². The zero-order valence-electron chi connectivity index (χ0n) is 10.7. The number of carbonyl (C=O) groups is 2. The van der Waals surface area contributed by atoms with Crippen molar-refractivity contribution in [2.24, 2.45) is 5.92 Å². The second kappa shape index (κ2) is 4.96. The highest BCUT2D eigenvalue weighted by molar-refractivity contribution is 7.10. The Hall–Kier alpha value is -1.36. The van der Waals surface area contributed by atoms with Crippen molar-refractivity contribution in [3.05, 3.63) is 21.4 Å². The first kappa shape index (κ1) is 12.7. The number of hydrogen-bond donors (Lipinski definition) is 1. The summed E-state index contributed by atoms with van der Waals surface area (Å²) in [5.41, 5.74) is 2.05. The number of fused-ring (bicyclic) bond motifs is 1. The number of aryl methyl sites for hydroxylation is 1. The van der Waals surface area contributed by atoms with Crippen LogP contribution >= 0.6 is 11.3 Å². The van der Waals surface area contributed by atoms with Crippen LogP contribution in [0.1, 0.15) is 40.1 Å². The standard InChI is InChI=1S/C14H17NO3S/c16-13(15-6-5-9(7-15)14(17)18)11-8-19-12-4-2-1-3-10(11)12/h8-9H,1-7H2,(H,17,18)/t9-/m1/s1. The molecule has 0 aromatic carbocycles. The smallest absolute Gasteiger partial charge is 0.308 e. The highest BCUT2D eigenvalue weighted by atomic mass is 32.1. The summed E-state index contributed by atoms with van der Waals surface area (Å²) in [6.45, 7) is 0.930. The van der Waals surface area contributed by atoms with Crippen molar-refractivity contribution in [2.45, 2.75) is 32.1 Å². The van der Waals surface area contributed by atoms with Crippen LogP contribution in [0.4, 0.5) is 0 Å². The van der Waals surface area contributed by atoms with Crippen LogP contribution in [-0.4, -0.2) is 35.0 Å². The Labute approximate surface area is 116 Å². The largest absolute Gasteiger partial charge is 0.481 e. The van der Waals surface area contributed by atoms with Gasteiger partial charge < -0.3 is 10.0 Å². The van der Waals surface area contributed by atoms with Gasteiger partial charge in [-0.15, -0.1) is 11.3 Å². The molecule has 0 radical (unpaired) electrons. The second-order valence-electron chi connectivity index (χ2n) is 5.33. The van der Waals surface area contributed by atoms with Crippen LogP contribution in [0.5, 0.6) is 0 Å². The maximum Gasteiger partial charge on any atom is 0.308 e. The lowest BCUT2D eigenvalue weighted by molar-refractivity contribution is -0.141. The summed E-state index contributed by atoms with van der Waals surface area (Å²) in [6, 6.07) is 0. The summed E-state index contributed by atoms with van der Waals surface area (Å²) >= 11 is 1.68. The summed E-state index contributed by atoms with van der Waals surface area (Å²) in [5, 5.41) is 11.0. The molecule has 4 nitrogen and oxygen atoms in total. The van der Waals surface area contributed by atoms with Gasteiger partial charge in [-0.3, -0.25) is 9.59 Å². The van der Waals surface area contributed by atoms with E-state index in [4.69, 9.17) is 5.11 Å². The van der Waals surface area contributed by atoms with E-state index >= 15 is 0 Å². The summed E-state index contributed by atoms with van der Waals surface area (Å²) in [4.78, 5) is 26.5. The van der Waals surface area contributed by atoms with E-state index in [1.165, 1.54) is 16.9 Å². The third kappa shape index (κ3) is 2.27. The van der Waals surface area contributed by atoms with Gasteiger partial charge in [-0.2, -0.15) is 0 Å². The number of likely N-dealkylation sites (tertiary alicyclic amines) is 1. The number of rotatable bonds is 2. The number of carbonyl (C=O) groups excluding carboxylic acids is 1. The van der Waals surface area contributed by atoms with E-state index in [0.29, 0.717) is 19.5 Å². The fourth-order valence-electron chi connectivity index (χ4n) is 2.99. The van der Waals surface area contributed by atoms with Crippen LogP contribution in [0.25, 0.3) is 0 Å². The number of hydrogen-bond acceptors (Lipinski definition) is 3. The second-order valence-corrected chi connectivity index (χ2v) is 6.30. The van der Waals surface area contributed by atoms with Crippen molar-refractivity contribution in [3.63, 3.8) is 0 Å². The fraction of sp³-hybridized carbons (Fsp3) is 0.571. The number of carboxylic acid groups (broad SMARTS) is 1. The van der Waals surface area contributed by atoms with Crippen LogP contribution in [0, 0.1) is 5.92 Å². The Balaban J connectivity index is 1.78. The first-order valence-electron chi connectivity index (χ1n) is 6.78. The van der Waals surface area contributed by atoms with E-state index in [2.05, 4.69) is 0 Å². The number of nitrogens with zero attached hydrogens (tertiary/aromatic N) is 1. The molecule has 1 atom stereocenters. The van der Waals surface area contributed by atoms with Gasteiger partial charge in [-0.25, -0.2) is 0 Å². The molecule has 0 unspecified atom stereocenters. The SMILES string of the molecule is O=C(O)[C@@H]1CCN(C(=O)c2csc3c2CCCC3)C1. The van der Waals surface area contributed by atoms with Gasteiger partial charge in [0.15, 0.2) is 0 Å². The van der Waals surface area contributed by atoms with Gasteiger partial charge in [-0.1, -0.05) is 0 Å². The lowest BCUT2D eigenvalue weighted by atomic mass is 9.95.